The Bertz CT molecular complexity index is 467. The van der Waals surface area contributed by atoms with Crippen molar-refractivity contribution in [2.75, 3.05) is 5.73 Å². The minimum atomic E-state index is 0.511. The van der Waals surface area contributed by atoms with Gasteiger partial charge in [-0.1, -0.05) is 6.92 Å². The van der Waals surface area contributed by atoms with Crippen molar-refractivity contribution in [3.05, 3.63) is 12.0 Å². The van der Waals surface area contributed by atoms with Crippen molar-refractivity contribution in [3.63, 3.8) is 0 Å². The van der Waals surface area contributed by atoms with Gasteiger partial charge in [0.1, 0.15) is 5.82 Å². The van der Waals surface area contributed by atoms with E-state index in [9.17, 15) is 0 Å². The van der Waals surface area contributed by atoms with E-state index >= 15 is 0 Å². The van der Waals surface area contributed by atoms with Gasteiger partial charge in [0, 0.05) is 13.0 Å². The topological polar surface area (TPSA) is 43.8 Å². The molecule has 0 saturated heterocycles. The summed E-state index contributed by atoms with van der Waals surface area (Å²) in [6.45, 7) is 2.38. The molecule has 5 rings (SSSR count). The smallest absolute Gasteiger partial charge is 0.126 e. The monoisotopic (exact) mass is 259 g/mol. The summed E-state index contributed by atoms with van der Waals surface area (Å²) in [5, 5.41) is 0. The highest BCUT2D eigenvalue weighted by Gasteiger charge is 2.53. The van der Waals surface area contributed by atoms with Crippen LogP contribution in [0.1, 0.15) is 57.1 Å². The van der Waals surface area contributed by atoms with Crippen LogP contribution < -0.4 is 5.73 Å². The zero-order chi connectivity index (χ0) is 13.2. The molecule has 1 aromatic heterocycles. The van der Waals surface area contributed by atoms with E-state index in [0.717, 1.165) is 29.3 Å². The van der Waals surface area contributed by atoms with Crippen LogP contribution in [0.4, 0.5) is 5.82 Å². The summed E-state index contributed by atoms with van der Waals surface area (Å²) in [5.41, 5.74) is 7.89. The maximum Gasteiger partial charge on any atom is 0.126 e. The lowest BCUT2D eigenvalue weighted by atomic mass is 9.46. The first-order valence-corrected chi connectivity index (χ1v) is 7.84. The second kappa shape index (κ2) is 3.77. The van der Waals surface area contributed by atoms with Crippen molar-refractivity contribution in [1.82, 2.24) is 9.55 Å². The summed E-state index contributed by atoms with van der Waals surface area (Å²) in [4.78, 5) is 4.61. The Hall–Kier alpha value is -0.990. The van der Waals surface area contributed by atoms with Crippen molar-refractivity contribution in [3.8, 4) is 0 Å². The molecule has 0 aliphatic heterocycles. The molecule has 0 radical (unpaired) electrons. The van der Waals surface area contributed by atoms with E-state index in [4.69, 9.17) is 5.73 Å². The van der Waals surface area contributed by atoms with Crippen LogP contribution >= 0.6 is 0 Å². The van der Waals surface area contributed by atoms with Gasteiger partial charge in [0.05, 0.1) is 12.0 Å². The fraction of sp³-hybridized carbons (Fsp3) is 0.812. The Morgan fingerprint density at radius 3 is 2.16 bits per heavy atom. The van der Waals surface area contributed by atoms with Gasteiger partial charge in [-0.05, 0) is 61.7 Å². The highest BCUT2D eigenvalue weighted by molar-refractivity contribution is 5.39. The molecule has 0 spiro atoms. The van der Waals surface area contributed by atoms with Gasteiger partial charge in [0.2, 0.25) is 0 Å². The lowest BCUT2D eigenvalue weighted by Crippen LogP contribution is -2.48. The van der Waals surface area contributed by atoms with Gasteiger partial charge in [-0.15, -0.1) is 0 Å². The predicted octanol–water partition coefficient (Wildman–Crippen LogP) is 3.32. The van der Waals surface area contributed by atoms with Gasteiger partial charge in [0.15, 0.2) is 0 Å². The standard InChI is InChI=1S/C16H25N3/c1-10(14-15(17)19(2)9-18-14)16-6-11-3-12(7-16)5-13(4-11)8-16/h9-13H,3-8,17H2,1-2H3. The first-order chi connectivity index (χ1) is 9.07. The van der Waals surface area contributed by atoms with Gasteiger partial charge in [-0.25, -0.2) is 4.98 Å². The van der Waals surface area contributed by atoms with Gasteiger partial charge >= 0.3 is 0 Å². The average molecular weight is 259 g/mol. The Labute approximate surface area is 115 Å². The Morgan fingerprint density at radius 2 is 1.74 bits per heavy atom. The average Bonchev–Trinajstić information content (AvgIpc) is 2.67. The van der Waals surface area contributed by atoms with Crippen LogP contribution in [-0.2, 0) is 7.05 Å². The zero-order valence-electron chi connectivity index (χ0n) is 12.1. The van der Waals surface area contributed by atoms with E-state index in [1.807, 2.05) is 17.9 Å². The summed E-state index contributed by atoms with van der Waals surface area (Å²) in [6.07, 6.45) is 10.7. The van der Waals surface area contributed by atoms with Crippen LogP contribution in [-0.4, -0.2) is 9.55 Å². The molecule has 1 heterocycles. The molecule has 4 saturated carbocycles. The van der Waals surface area contributed by atoms with E-state index in [2.05, 4.69) is 11.9 Å². The second-order valence-corrected chi connectivity index (χ2v) is 7.63. The fourth-order valence-electron chi connectivity index (χ4n) is 5.79. The number of imidazole rings is 1. The molecular weight excluding hydrogens is 234 g/mol. The molecule has 1 aromatic rings. The highest BCUT2D eigenvalue weighted by atomic mass is 15.1. The van der Waals surface area contributed by atoms with Crippen molar-refractivity contribution >= 4 is 5.82 Å². The van der Waals surface area contributed by atoms with Gasteiger partial charge in [-0.3, -0.25) is 0 Å². The molecule has 2 N–H and O–H groups in total. The summed E-state index contributed by atoms with van der Waals surface area (Å²) < 4.78 is 1.96. The number of nitrogen functional groups attached to an aromatic ring is 1. The summed E-state index contributed by atoms with van der Waals surface area (Å²) >= 11 is 0. The largest absolute Gasteiger partial charge is 0.384 e. The number of anilines is 1. The third kappa shape index (κ3) is 1.60. The van der Waals surface area contributed by atoms with E-state index in [0.29, 0.717) is 11.3 Å². The molecule has 4 aliphatic rings. The highest BCUT2D eigenvalue weighted by Crippen LogP contribution is 2.64. The Kier molecular flexibility index (Phi) is 2.34. The van der Waals surface area contributed by atoms with E-state index in [1.165, 1.54) is 38.5 Å². The molecule has 1 atom stereocenters. The molecule has 3 heteroatoms. The molecule has 4 aliphatic carbocycles. The molecule has 4 fully saturated rings. The van der Waals surface area contributed by atoms with Gasteiger partial charge in [0.25, 0.3) is 0 Å². The van der Waals surface area contributed by atoms with Crippen LogP contribution in [0.15, 0.2) is 6.33 Å². The molecule has 19 heavy (non-hydrogen) atoms. The molecule has 0 amide bonds. The minimum absolute atomic E-state index is 0.511. The Balaban J connectivity index is 1.69. The van der Waals surface area contributed by atoms with Crippen molar-refractivity contribution < 1.29 is 0 Å². The van der Waals surface area contributed by atoms with Crippen molar-refractivity contribution in [1.29, 1.82) is 0 Å². The first-order valence-electron chi connectivity index (χ1n) is 7.84. The summed E-state index contributed by atoms with van der Waals surface area (Å²) in [6, 6.07) is 0. The molecule has 3 nitrogen and oxygen atoms in total. The number of nitrogens with zero attached hydrogens (tertiary/aromatic N) is 2. The number of hydrogen-bond acceptors (Lipinski definition) is 2. The zero-order valence-corrected chi connectivity index (χ0v) is 12.1. The maximum absolute atomic E-state index is 6.22. The fourth-order valence-corrected chi connectivity index (χ4v) is 5.79. The number of hydrogen-bond donors (Lipinski definition) is 1. The minimum Gasteiger partial charge on any atom is -0.384 e. The summed E-state index contributed by atoms with van der Waals surface area (Å²) in [7, 11) is 2.00. The quantitative estimate of drug-likeness (QED) is 0.885. The number of aryl methyl sites for hydroxylation is 1. The Morgan fingerprint density at radius 1 is 1.21 bits per heavy atom. The van der Waals surface area contributed by atoms with Gasteiger partial charge < -0.3 is 10.3 Å². The third-order valence-electron chi connectivity index (χ3n) is 6.43. The van der Waals surface area contributed by atoms with Crippen LogP contribution in [0.25, 0.3) is 0 Å². The predicted molar refractivity (Wildman–Crippen MR) is 76.6 cm³/mol. The normalized spacial score (nSPS) is 41.7. The lowest BCUT2D eigenvalue weighted by molar-refractivity contribution is -0.0660. The SMILES string of the molecule is CC(c1ncn(C)c1N)C12CC3CC(CC(C3)C1)C2. The van der Waals surface area contributed by atoms with Gasteiger partial charge in [-0.2, -0.15) is 0 Å². The first kappa shape index (κ1) is 11.8. The lowest BCUT2D eigenvalue weighted by Gasteiger charge is -2.59. The molecule has 0 aromatic carbocycles. The van der Waals surface area contributed by atoms with Crippen molar-refractivity contribution in [2.45, 2.75) is 51.4 Å². The molecule has 104 valence electrons. The van der Waals surface area contributed by atoms with Crippen LogP contribution in [0.5, 0.6) is 0 Å². The molecular formula is C16H25N3. The summed E-state index contributed by atoms with van der Waals surface area (Å²) in [5.74, 6) is 4.40. The van der Waals surface area contributed by atoms with E-state index < -0.39 is 0 Å². The second-order valence-electron chi connectivity index (χ2n) is 7.63. The van der Waals surface area contributed by atoms with Crippen LogP contribution in [0.3, 0.4) is 0 Å². The number of aromatic nitrogens is 2. The number of nitrogens with two attached hydrogens (primary N) is 1. The van der Waals surface area contributed by atoms with Crippen molar-refractivity contribution in [2.24, 2.45) is 30.2 Å². The number of rotatable bonds is 2. The van der Waals surface area contributed by atoms with Crippen LogP contribution in [0.2, 0.25) is 0 Å². The molecule has 1 unspecified atom stereocenters. The maximum atomic E-state index is 6.22. The molecule has 4 bridgehead atoms. The third-order valence-corrected chi connectivity index (χ3v) is 6.43. The van der Waals surface area contributed by atoms with Crippen LogP contribution in [0, 0.1) is 23.2 Å². The van der Waals surface area contributed by atoms with E-state index in [-0.39, 0.29) is 0 Å². The van der Waals surface area contributed by atoms with E-state index in [1.54, 1.807) is 0 Å².